The molecule has 6 nitrogen and oxygen atoms in total. The average molecular weight is 488 g/mol. The molecule has 7 heteroatoms. The fourth-order valence-electron chi connectivity index (χ4n) is 4.01. The van der Waals surface area contributed by atoms with Gasteiger partial charge in [-0.25, -0.2) is 8.42 Å². The van der Waals surface area contributed by atoms with Crippen LogP contribution in [0.1, 0.15) is 11.3 Å². The van der Waals surface area contributed by atoms with E-state index >= 15 is 0 Å². The van der Waals surface area contributed by atoms with E-state index in [9.17, 15) is 13.2 Å². The maximum absolute atomic E-state index is 13.6. The van der Waals surface area contributed by atoms with E-state index in [4.69, 9.17) is 0 Å². The van der Waals surface area contributed by atoms with Crippen LogP contribution in [0.15, 0.2) is 109 Å². The van der Waals surface area contributed by atoms with Crippen molar-refractivity contribution in [3.63, 3.8) is 0 Å². The van der Waals surface area contributed by atoms with Crippen molar-refractivity contribution >= 4 is 26.7 Å². The molecule has 0 bridgehead atoms. The highest BCUT2D eigenvalue weighted by molar-refractivity contribution is 7.89. The van der Waals surface area contributed by atoms with Gasteiger partial charge in [0.2, 0.25) is 15.9 Å². The highest BCUT2D eigenvalue weighted by Gasteiger charge is 2.28. The number of fused-ring (bicyclic) bond motifs is 1. The summed E-state index contributed by atoms with van der Waals surface area (Å²) in [5.74, 6) is -0.277. The fraction of sp³-hybridized carbons (Fsp3) is 0.179. The Hall–Kier alpha value is -3.68. The summed E-state index contributed by atoms with van der Waals surface area (Å²) in [5, 5.41) is 1.78. The molecule has 0 radical (unpaired) electrons. The molecule has 180 valence electrons. The van der Waals surface area contributed by atoms with E-state index in [1.165, 1.54) is 10.4 Å². The topological polar surface area (TPSA) is 62.6 Å². The molecule has 0 aliphatic heterocycles. The smallest absolute Gasteiger partial charge is 0.243 e. The SMILES string of the molecule is C=CCN(CC(=O)N(Cc1ccccc1)Cc1cccn1C)S(=O)(=O)c1ccc2ccccc2c1. The first-order chi connectivity index (χ1) is 16.9. The largest absolute Gasteiger partial charge is 0.353 e. The van der Waals surface area contributed by atoms with Crippen molar-refractivity contribution in [2.75, 3.05) is 13.1 Å². The Morgan fingerprint density at radius 1 is 0.914 bits per heavy atom. The molecule has 1 heterocycles. The number of hydrogen-bond donors (Lipinski definition) is 0. The first-order valence-corrected chi connectivity index (χ1v) is 12.8. The van der Waals surface area contributed by atoms with Gasteiger partial charge in [0.05, 0.1) is 18.0 Å². The van der Waals surface area contributed by atoms with Gasteiger partial charge in [0.15, 0.2) is 0 Å². The fourth-order valence-corrected chi connectivity index (χ4v) is 5.41. The lowest BCUT2D eigenvalue weighted by molar-refractivity contribution is -0.132. The molecule has 0 N–H and O–H groups in total. The Bertz CT molecular complexity index is 1430. The van der Waals surface area contributed by atoms with E-state index in [-0.39, 0.29) is 23.9 Å². The van der Waals surface area contributed by atoms with Gasteiger partial charge in [-0.15, -0.1) is 6.58 Å². The van der Waals surface area contributed by atoms with Crippen LogP contribution in [0.5, 0.6) is 0 Å². The highest BCUT2D eigenvalue weighted by Crippen LogP contribution is 2.22. The molecule has 0 atom stereocenters. The van der Waals surface area contributed by atoms with Crippen molar-refractivity contribution in [2.24, 2.45) is 7.05 Å². The number of nitrogens with zero attached hydrogens (tertiary/aromatic N) is 3. The number of sulfonamides is 1. The van der Waals surface area contributed by atoms with Crippen LogP contribution in [0.3, 0.4) is 0 Å². The lowest BCUT2D eigenvalue weighted by Gasteiger charge is -2.27. The van der Waals surface area contributed by atoms with Crippen molar-refractivity contribution < 1.29 is 13.2 Å². The monoisotopic (exact) mass is 487 g/mol. The average Bonchev–Trinajstić information content (AvgIpc) is 3.27. The summed E-state index contributed by atoms with van der Waals surface area (Å²) in [7, 11) is -1.99. The van der Waals surface area contributed by atoms with Gasteiger partial charge >= 0.3 is 0 Å². The highest BCUT2D eigenvalue weighted by atomic mass is 32.2. The van der Waals surface area contributed by atoms with Gasteiger partial charge in [-0.2, -0.15) is 4.31 Å². The van der Waals surface area contributed by atoms with Crippen molar-refractivity contribution in [2.45, 2.75) is 18.0 Å². The molecule has 0 spiro atoms. The zero-order valence-electron chi connectivity index (χ0n) is 19.7. The Morgan fingerprint density at radius 3 is 2.31 bits per heavy atom. The predicted octanol–water partition coefficient (Wildman–Crippen LogP) is 4.58. The maximum atomic E-state index is 13.6. The summed E-state index contributed by atoms with van der Waals surface area (Å²) < 4.78 is 30.3. The van der Waals surface area contributed by atoms with Crippen LogP contribution in [-0.4, -0.2) is 41.2 Å². The second kappa shape index (κ2) is 10.7. The summed E-state index contributed by atoms with van der Waals surface area (Å²) in [6.45, 7) is 4.22. The third-order valence-corrected chi connectivity index (χ3v) is 7.78. The molecular weight excluding hydrogens is 458 g/mol. The number of aryl methyl sites for hydroxylation is 1. The molecule has 0 aliphatic carbocycles. The van der Waals surface area contributed by atoms with Gasteiger partial charge in [0, 0.05) is 32.0 Å². The number of rotatable bonds is 10. The van der Waals surface area contributed by atoms with Crippen molar-refractivity contribution in [1.29, 1.82) is 0 Å². The molecule has 1 aromatic heterocycles. The van der Waals surface area contributed by atoms with Gasteiger partial charge in [-0.3, -0.25) is 4.79 Å². The normalized spacial score (nSPS) is 11.6. The van der Waals surface area contributed by atoms with Gasteiger partial charge in [0.25, 0.3) is 0 Å². The first kappa shape index (κ1) is 24.4. The minimum atomic E-state index is -3.92. The van der Waals surface area contributed by atoms with Gasteiger partial charge in [0.1, 0.15) is 0 Å². The van der Waals surface area contributed by atoms with E-state index in [0.29, 0.717) is 13.1 Å². The Balaban J connectivity index is 1.61. The van der Waals surface area contributed by atoms with Gasteiger partial charge in [-0.05, 0) is 40.6 Å². The quantitative estimate of drug-likeness (QED) is 0.308. The van der Waals surface area contributed by atoms with E-state index in [1.807, 2.05) is 84.5 Å². The van der Waals surface area contributed by atoms with E-state index in [0.717, 1.165) is 22.0 Å². The van der Waals surface area contributed by atoms with E-state index < -0.39 is 10.0 Å². The molecule has 35 heavy (non-hydrogen) atoms. The Morgan fingerprint density at radius 2 is 1.63 bits per heavy atom. The number of aromatic nitrogens is 1. The molecular formula is C28H29N3O3S. The Kier molecular flexibility index (Phi) is 7.48. The summed E-state index contributed by atoms with van der Waals surface area (Å²) in [6.07, 6.45) is 3.43. The van der Waals surface area contributed by atoms with Crippen molar-refractivity contribution in [3.8, 4) is 0 Å². The minimum absolute atomic E-state index is 0.0320. The third kappa shape index (κ3) is 5.70. The lowest BCUT2D eigenvalue weighted by Crippen LogP contribution is -2.42. The molecule has 1 amide bonds. The number of amides is 1. The summed E-state index contributed by atoms with van der Waals surface area (Å²) in [5.41, 5.74) is 1.93. The minimum Gasteiger partial charge on any atom is -0.353 e. The summed E-state index contributed by atoms with van der Waals surface area (Å²) in [4.78, 5) is 15.4. The summed E-state index contributed by atoms with van der Waals surface area (Å²) >= 11 is 0. The van der Waals surface area contributed by atoms with Crippen molar-refractivity contribution in [3.05, 3.63) is 115 Å². The van der Waals surface area contributed by atoms with E-state index in [1.54, 1.807) is 23.1 Å². The lowest BCUT2D eigenvalue weighted by atomic mass is 10.1. The van der Waals surface area contributed by atoms with E-state index in [2.05, 4.69) is 6.58 Å². The third-order valence-electron chi connectivity index (χ3n) is 5.98. The van der Waals surface area contributed by atoms with Crippen LogP contribution in [0.2, 0.25) is 0 Å². The van der Waals surface area contributed by atoms with Crippen LogP contribution in [0.4, 0.5) is 0 Å². The maximum Gasteiger partial charge on any atom is 0.243 e. The van der Waals surface area contributed by atoms with Crippen LogP contribution >= 0.6 is 0 Å². The van der Waals surface area contributed by atoms with Crippen LogP contribution in [0.25, 0.3) is 10.8 Å². The number of carbonyl (C=O) groups excluding carboxylic acids is 1. The standard InChI is InChI=1S/C28H29N3O3S/c1-3-17-31(35(33,34)27-16-15-24-12-7-8-13-25(24)19-27)22-28(32)30(20-23-10-5-4-6-11-23)21-26-14-9-18-29(26)2/h3-16,18-19H,1,17,20-22H2,2H3. The zero-order chi connectivity index (χ0) is 24.8. The molecule has 4 rings (SSSR count). The number of carbonyl (C=O) groups is 1. The number of benzene rings is 3. The van der Waals surface area contributed by atoms with Crippen LogP contribution < -0.4 is 0 Å². The summed E-state index contributed by atoms with van der Waals surface area (Å²) in [6, 6.07) is 26.2. The second-order valence-electron chi connectivity index (χ2n) is 8.44. The molecule has 0 fully saturated rings. The van der Waals surface area contributed by atoms with Gasteiger partial charge in [-0.1, -0.05) is 66.7 Å². The molecule has 0 aliphatic rings. The first-order valence-electron chi connectivity index (χ1n) is 11.4. The Labute approximate surface area is 206 Å². The second-order valence-corrected chi connectivity index (χ2v) is 10.4. The molecule has 0 saturated carbocycles. The molecule has 0 unspecified atom stereocenters. The number of hydrogen-bond acceptors (Lipinski definition) is 3. The van der Waals surface area contributed by atoms with Crippen LogP contribution in [-0.2, 0) is 35.0 Å². The molecule has 0 saturated heterocycles. The predicted molar refractivity (Wildman–Crippen MR) is 139 cm³/mol. The zero-order valence-corrected chi connectivity index (χ0v) is 20.6. The molecule has 3 aromatic carbocycles. The van der Waals surface area contributed by atoms with Gasteiger partial charge < -0.3 is 9.47 Å². The van der Waals surface area contributed by atoms with Crippen LogP contribution in [0, 0.1) is 0 Å². The molecule has 4 aromatic rings. The van der Waals surface area contributed by atoms with Crippen molar-refractivity contribution in [1.82, 2.24) is 13.8 Å².